The van der Waals surface area contributed by atoms with E-state index in [9.17, 15) is 4.79 Å². The van der Waals surface area contributed by atoms with E-state index in [1.807, 2.05) is 43.3 Å². The van der Waals surface area contributed by atoms with Gasteiger partial charge in [0.25, 0.3) is 5.91 Å². The fourth-order valence-corrected chi connectivity index (χ4v) is 2.84. The number of carbonyl (C=O) groups excluding carboxylic acids is 1. The fourth-order valence-electron chi connectivity index (χ4n) is 2.84. The van der Waals surface area contributed by atoms with Gasteiger partial charge in [-0.05, 0) is 41.5 Å². The number of methoxy groups -OCH3 is 1. The van der Waals surface area contributed by atoms with Crippen LogP contribution in [0, 0.1) is 11.3 Å². The van der Waals surface area contributed by atoms with E-state index in [0.717, 1.165) is 16.3 Å². The molecule has 0 aliphatic carbocycles. The molecular weight excluding hydrogens is 340 g/mol. The molecule has 0 fully saturated rings. The molecule has 0 heterocycles. The molecule has 136 valence electrons. The van der Waals surface area contributed by atoms with Crippen LogP contribution in [0.3, 0.4) is 0 Å². The summed E-state index contributed by atoms with van der Waals surface area (Å²) in [5.41, 5.74) is 1.49. The lowest BCUT2D eigenvalue weighted by atomic mass is 10.0. The first-order chi connectivity index (χ1) is 13.1. The summed E-state index contributed by atoms with van der Waals surface area (Å²) in [5.74, 6) is 0.608. The molecule has 0 aliphatic heterocycles. The first kappa shape index (κ1) is 18.3. The van der Waals surface area contributed by atoms with Gasteiger partial charge in [-0.1, -0.05) is 36.4 Å². The summed E-state index contributed by atoms with van der Waals surface area (Å²) in [6.45, 7) is 1.80. The molecule has 5 heteroatoms. The lowest BCUT2D eigenvalue weighted by Gasteiger charge is -2.16. The number of hydrogen-bond acceptors (Lipinski definition) is 4. The second-order valence-corrected chi connectivity index (χ2v) is 6.16. The molecule has 1 N–H and O–H groups in total. The number of amides is 1. The third kappa shape index (κ3) is 4.36. The molecule has 0 aromatic heterocycles. The van der Waals surface area contributed by atoms with Crippen molar-refractivity contribution < 1.29 is 14.3 Å². The summed E-state index contributed by atoms with van der Waals surface area (Å²) >= 11 is 0. The maximum atomic E-state index is 12.3. The van der Waals surface area contributed by atoms with Crippen molar-refractivity contribution in [3.8, 4) is 17.6 Å². The molecule has 1 atom stereocenters. The summed E-state index contributed by atoms with van der Waals surface area (Å²) in [4.78, 5) is 12.3. The van der Waals surface area contributed by atoms with Crippen molar-refractivity contribution >= 4 is 16.7 Å². The van der Waals surface area contributed by atoms with E-state index in [-0.39, 0.29) is 18.6 Å². The van der Waals surface area contributed by atoms with Crippen LogP contribution in [-0.2, 0) is 4.79 Å². The van der Waals surface area contributed by atoms with Crippen LogP contribution in [0.25, 0.3) is 10.8 Å². The molecule has 0 radical (unpaired) electrons. The van der Waals surface area contributed by atoms with Crippen molar-refractivity contribution in [1.29, 1.82) is 5.26 Å². The van der Waals surface area contributed by atoms with Crippen molar-refractivity contribution in [3.63, 3.8) is 0 Å². The van der Waals surface area contributed by atoms with Crippen LogP contribution in [0.1, 0.15) is 24.1 Å². The van der Waals surface area contributed by atoms with Crippen LogP contribution in [0.2, 0.25) is 0 Å². The SMILES string of the molecule is COc1cc(C#N)ccc1OCC(=O)N[C@@H](C)c1ccc2ccccc2c1. The number of carbonyl (C=O) groups is 1. The molecule has 0 bridgehead atoms. The number of hydrogen-bond donors (Lipinski definition) is 1. The Morgan fingerprint density at radius 1 is 1.07 bits per heavy atom. The number of nitrogens with zero attached hydrogens (tertiary/aromatic N) is 1. The zero-order valence-corrected chi connectivity index (χ0v) is 15.2. The smallest absolute Gasteiger partial charge is 0.258 e. The van der Waals surface area contributed by atoms with Crippen LogP contribution < -0.4 is 14.8 Å². The molecule has 27 heavy (non-hydrogen) atoms. The van der Waals surface area contributed by atoms with Crippen LogP contribution in [0.5, 0.6) is 11.5 Å². The molecule has 0 aliphatic rings. The van der Waals surface area contributed by atoms with Crippen LogP contribution in [-0.4, -0.2) is 19.6 Å². The lowest BCUT2D eigenvalue weighted by molar-refractivity contribution is -0.123. The Labute approximate surface area is 158 Å². The zero-order chi connectivity index (χ0) is 19.2. The topological polar surface area (TPSA) is 71.3 Å². The van der Waals surface area contributed by atoms with E-state index in [0.29, 0.717) is 17.1 Å². The normalized spacial score (nSPS) is 11.4. The predicted molar refractivity (Wildman–Crippen MR) is 104 cm³/mol. The Kier molecular flexibility index (Phi) is 5.58. The van der Waals surface area contributed by atoms with Gasteiger partial charge in [-0.3, -0.25) is 4.79 Å². The van der Waals surface area contributed by atoms with Gasteiger partial charge >= 0.3 is 0 Å². The summed E-state index contributed by atoms with van der Waals surface area (Å²) in [6.07, 6.45) is 0. The van der Waals surface area contributed by atoms with E-state index in [1.165, 1.54) is 7.11 Å². The third-order valence-electron chi connectivity index (χ3n) is 4.30. The van der Waals surface area contributed by atoms with Crippen molar-refractivity contribution in [1.82, 2.24) is 5.32 Å². The van der Waals surface area contributed by atoms with Gasteiger partial charge < -0.3 is 14.8 Å². The maximum Gasteiger partial charge on any atom is 0.258 e. The highest BCUT2D eigenvalue weighted by Gasteiger charge is 2.12. The highest BCUT2D eigenvalue weighted by Crippen LogP contribution is 2.27. The van der Waals surface area contributed by atoms with Gasteiger partial charge in [0.2, 0.25) is 0 Å². The van der Waals surface area contributed by atoms with Crippen molar-refractivity contribution in [2.45, 2.75) is 13.0 Å². The second kappa shape index (κ2) is 8.24. The van der Waals surface area contributed by atoms with E-state index >= 15 is 0 Å². The molecule has 3 aromatic rings. The van der Waals surface area contributed by atoms with Crippen molar-refractivity contribution in [2.75, 3.05) is 13.7 Å². The quantitative estimate of drug-likeness (QED) is 0.722. The van der Waals surface area contributed by atoms with Gasteiger partial charge in [0.1, 0.15) is 0 Å². The Morgan fingerprint density at radius 2 is 1.85 bits per heavy atom. The summed E-state index contributed by atoms with van der Waals surface area (Å²) < 4.78 is 10.8. The minimum atomic E-state index is -0.234. The molecule has 3 aromatic carbocycles. The van der Waals surface area contributed by atoms with Gasteiger partial charge in [0, 0.05) is 6.07 Å². The predicted octanol–water partition coefficient (Wildman–Crippen LogP) is 3.98. The minimum Gasteiger partial charge on any atom is -0.493 e. The highest BCUT2D eigenvalue weighted by atomic mass is 16.5. The zero-order valence-electron chi connectivity index (χ0n) is 15.2. The van der Waals surface area contributed by atoms with Gasteiger partial charge in [-0.15, -0.1) is 0 Å². The van der Waals surface area contributed by atoms with E-state index < -0.39 is 0 Å². The molecule has 0 spiro atoms. The Balaban J connectivity index is 1.62. The second-order valence-electron chi connectivity index (χ2n) is 6.16. The number of nitriles is 1. The number of rotatable bonds is 6. The molecule has 0 saturated heterocycles. The van der Waals surface area contributed by atoms with Crippen LogP contribution in [0.4, 0.5) is 0 Å². The van der Waals surface area contributed by atoms with Gasteiger partial charge in [-0.25, -0.2) is 0 Å². The number of fused-ring (bicyclic) bond motifs is 1. The highest BCUT2D eigenvalue weighted by molar-refractivity contribution is 5.83. The summed E-state index contributed by atoms with van der Waals surface area (Å²) in [7, 11) is 1.49. The van der Waals surface area contributed by atoms with Gasteiger partial charge in [-0.2, -0.15) is 5.26 Å². The van der Waals surface area contributed by atoms with Gasteiger partial charge in [0.15, 0.2) is 18.1 Å². The Bertz CT molecular complexity index is 1010. The standard InChI is InChI=1S/C22H20N2O3/c1-15(18-9-8-17-5-3-4-6-19(17)12-18)24-22(25)14-27-20-10-7-16(13-23)11-21(20)26-2/h3-12,15H,14H2,1-2H3,(H,24,25)/t15-/m0/s1. The molecule has 3 rings (SSSR count). The molecule has 5 nitrogen and oxygen atoms in total. The third-order valence-corrected chi connectivity index (χ3v) is 4.30. The average molecular weight is 360 g/mol. The van der Waals surface area contributed by atoms with E-state index in [1.54, 1.807) is 18.2 Å². The fraction of sp³-hybridized carbons (Fsp3) is 0.182. The monoisotopic (exact) mass is 360 g/mol. The van der Waals surface area contributed by atoms with E-state index in [2.05, 4.69) is 17.4 Å². The summed E-state index contributed by atoms with van der Waals surface area (Å²) in [5, 5.41) is 14.2. The van der Waals surface area contributed by atoms with Gasteiger partial charge in [0.05, 0.1) is 24.8 Å². The Hall–Kier alpha value is -3.52. The molecule has 0 unspecified atom stereocenters. The minimum absolute atomic E-state index is 0.139. The summed E-state index contributed by atoms with van der Waals surface area (Å²) in [6, 6.07) is 20.9. The first-order valence-corrected chi connectivity index (χ1v) is 8.59. The molecule has 0 saturated carbocycles. The maximum absolute atomic E-state index is 12.3. The van der Waals surface area contributed by atoms with Crippen molar-refractivity contribution in [2.24, 2.45) is 0 Å². The first-order valence-electron chi connectivity index (χ1n) is 8.59. The Morgan fingerprint density at radius 3 is 2.59 bits per heavy atom. The lowest BCUT2D eigenvalue weighted by Crippen LogP contribution is -2.31. The van der Waals surface area contributed by atoms with Crippen LogP contribution >= 0.6 is 0 Å². The van der Waals surface area contributed by atoms with Crippen molar-refractivity contribution in [3.05, 3.63) is 71.8 Å². The number of ether oxygens (including phenoxy) is 2. The largest absolute Gasteiger partial charge is 0.493 e. The number of nitrogens with one attached hydrogen (secondary N) is 1. The van der Waals surface area contributed by atoms with Crippen LogP contribution in [0.15, 0.2) is 60.7 Å². The van der Waals surface area contributed by atoms with E-state index in [4.69, 9.17) is 14.7 Å². The molecular formula is C22H20N2O3. The number of benzene rings is 3. The average Bonchev–Trinajstić information content (AvgIpc) is 2.71. The molecule has 1 amide bonds.